The van der Waals surface area contributed by atoms with Crippen molar-refractivity contribution in [2.24, 2.45) is 11.0 Å². The van der Waals surface area contributed by atoms with Crippen molar-refractivity contribution < 1.29 is 23.8 Å². The minimum Gasteiger partial charge on any atom is -0.497 e. The van der Waals surface area contributed by atoms with Gasteiger partial charge in [-0.05, 0) is 104 Å². The summed E-state index contributed by atoms with van der Waals surface area (Å²) >= 11 is 13.8. The molecule has 1 fully saturated rings. The maximum absolute atomic E-state index is 14.2. The third kappa shape index (κ3) is 7.00. The highest BCUT2D eigenvalue weighted by Crippen LogP contribution is 2.45. The fourth-order valence-corrected chi connectivity index (χ4v) is 8.32. The standard InChI is InChI=1S/C39H36Cl2N4O5S/c1-22-32-20-34(51-38(32)44(42-22)21-27-10-13-28(40)19-33(27)41)39(47)50-23(2)37(46)45-36(25-11-16-30(49-4)17-12-25)31-7-5-6-26(35(31)43-45)18-24-8-14-29(48-3)15-9-24/h8-20,23,31,36H,5-7,21H2,1-4H3/b26-18-. The van der Waals surface area contributed by atoms with Crippen LogP contribution in [0.1, 0.15) is 64.3 Å². The molecule has 1 aliphatic heterocycles. The van der Waals surface area contributed by atoms with Gasteiger partial charge in [-0.3, -0.25) is 4.79 Å². The third-order valence-electron chi connectivity index (χ3n) is 9.42. The molecule has 0 spiro atoms. The zero-order valence-corrected chi connectivity index (χ0v) is 30.9. The molecule has 0 radical (unpaired) electrons. The van der Waals surface area contributed by atoms with Gasteiger partial charge in [0.25, 0.3) is 5.91 Å². The van der Waals surface area contributed by atoms with Crippen molar-refractivity contribution in [3.8, 4) is 11.5 Å². The number of benzene rings is 3. The molecule has 0 bridgehead atoms. The number of fused-ring (bicyclic) bond motifs is 2. The van der Waals surface area contributed by atoms with Gasteiger partial charge in [-0.2, -0.15) is 10.2 Å². The summed E-state index contributed by atoms with van der Waals surface area (Å²) in [5, 5.41) is 13.1. The van der Waals surface area contributed by atoms with Crippen LogP contribution in [-0.4, -0.2) is 52.7 Å². The van der Waals surface area contributed by atoms with Gasteiger partial charge in [0, 0.05) is 21.3 Å². The van der Waals surface area contributed by atoms with Crippen molar-refractivity contribution >= 4 is 68.4 Å². The largest absolute Gasteiger partial charge is 0.497 e. The molecule has 0 saturated heterocycles. The predicted octanol–water partition coefficient (Wildman–Crippen LogP) is 9.15. The van der Waals surface area contributed by atoms with E-state index >= 15 is 0 Å². The number of rotatable bonds is 9. The van der Waals surface area contributed by atoms with E-state index < -0.39 is 18.0 Å². The molecule has 9 nitrogen and oxygen atoms in total. The van der Waals surface area contributed by atoms with Crippen molar-refractivity contribution in [3.05, 3.63) is 116 Å². The Bertz CT molecular complexity index is 2170. The maximum atomic E-state index is 14.2. The summed E-state index contributed by atoms with van der Waals surface area (Å²) in [5.41, 5.74) is 5.55. The van der Waals surface area contributed by atoms with E-state index in [-0.39, 0.29) is 12.0 Å². The number of aryl methyl sites for hydroxylation is 1. The van der Waals surface area contributed by atoms with Crippen LogP contribution in [0.2, 0.25) is 10.0 Å². The summed E-state index contributed by atoms with van der Waals surface area (Å²) in [4.78, 5) is 29.0. The van der Waals surface area contributed by atoms with E-state index in [2.05, 4.69) is 11.2 Å². The lowest BCUT2D eigenvalue weighted by atomic mass is 9.77. The van der Waals surface area contributed by atoms with Gasteiger partial charge in [0.1, 0.15) is 21.2 Å². The van der Waals surface area contributed by atoms with Crippen LogP contribution in [0, 0.1) is 12.8 Å². The van der Waals surface area contributed by atoms with Crippen LogP contribution in [0.4, 0.5) is 0 Å². The van der Waals surface area contributed by atoms with Gasteiger partial charge in [0.05, 0.1) is 38.2 Å². The van der Waals surface area contributed by atoms with Gasteiger partial charge in [0.15, 0.2) is 6.10 Å². The van der Waals surface area contributed by atoms with Gasteiger partial charge >= 0.3 is 5.97 Å². The number of methoxy groups -OCH3 is 2. The fraction of sp³-hybridized carbons (Fsp3) is 0.282. The first-order chi connectivity index (χ1) is 24.6. The van der Waals surface area contributed by atoms with E-state index in [1.165, 1.54) is 16.3 Å². The molecular weight excluding hydrogens is 707 g/mol. The molecule has 262 valence electrons. The second-order valence-corrected chi connectivity index (χ2v) is 14.6. The molecule has 3 unspecified atom stereocenters. The highest BCUT2D eigenvalue weighted by Gasteiger charge is 2.45. The van der Waals surface area contributed by atoms with Crippen LogP contribution in [0.5, 0.6) is 11.5 Å². The monoisotopic (exact) mass is 742 g/mol. The number of esters is 1. The van der Waals surface area contributed by atoms with E-state index in [1.807, 2.05) is 66.2 Å². The van der Waals surface area contributed by atoms with E-state index in [0.29, 0.717) is 21.5 Å². The molecule has 3 atom stereocenters. The predicted molar refractivity (Wildman–Crippen MR) is 201 cm³/mol. The number of amides is 1. The number of halogens is 2. The molecule has 7 rings (SSSR count). The van der Waals surface area contributed by atoms with Gasteiger partial charge in [-0.1, -0.05) is 53.5 Å². The topological polar surface area (TPSA) is 95.2 Å². The molecular formula is C39H36Cl2N4O5S. The van der Waals surface area contributed by atoms with Gasteiger partial charge < -0.3 is 14.2 Å². The summed E-state index contributed by atoms with van der Waals surface area (Å²) in [5.74, 6) is 0.506. The van der Waals surface area contributed by atoms with Crippen LogP contribution < -0.4 is 9.47 Å². The number of carbonyl (C=O) groups is 2. The summed E-state index contributed by atoms with van der Waals surface area (Å²) in [6, 6.07) is 22.3. The smallest absolute Gasteiger partial charge is 0.349 e. The normalized spacial score (nSPS) is 18.4. The number of hydrogen-bond donors (Lipinski definition) is 0. The third-order valence-corrected chi connectivity index (χ3v) is 11.1. The van der Waals surface area contributed by atoms with Crippen LogP contribution >= 0.6 is 34.5 Å². The molecule has 2 aromatic heterocycles. The molecule has 1 saturated carbocycles. The average molecular weight is 744 g/mol. The summed E-state index contributed by atoms with van der Waals surface area (Å²) in [7, 11) is 3.27. The van der Waals surface area contributed by atoms with Crippen LogP contribution in [-0.2, 0) is 16.1 Å². The molecule has 2 aliphatic rings. The summed E-state index contributed by atoms with van der Waals surface area (Å²) < 4.78 is 18.4. The molecule has 0 N–H and O–H groups in total. The number of aromatic nitrogens is 2. The Morgan fingerprint density at radius 1 is 1.00 bits per heavy atom. The average Bonchev–Trinajstić information content (AvgIpc) is 3.83. The SMILES string of the molecule is COc1ccc(/C=C2/CCCC3C2=NN(C(=O)C(C)OC(=O)c2cc4c(C)nn(Cc5ccc(Cl)cc5Cl)c4s2)C3c2ccc(OC)cc2)cc1. The lowest BCUT2D eigenvalue weighted by Gasteiger charge is -2.30. The molecule has 3 aromatic carbocycles. The van der Waals surface area contributed by atoms with Crippen molar-refractivity contribution in [3.63, 3.8) is 0 Å². The Morgan fingerprint density at radius 3 is 2.39 bits per heavy atom. The minimum absolute atomic E-state index is 0.0221. The van der Waals surface area contributed by atoms with Gasteiger partial charge in [-0.15, -0.1) is 11.3 Å². The van der Waals surface area contributed by atoms with Crippen molar-refractivity contribution in [1.29, 1.82) is 0 Å². The Labute approximate surface area is 310 Å². The first-order valence-electron chi connectivity index (χ1n) is 16.7. The highest BCUT2D eigenvalue weighted by molar-refractivity contribution is 7.20. The zero-order chi connectivity index (χ0) is 35.8. The van der Waals surface area contributed by atoms with E-state index in [1.54, 1.807) is 39.3 Å². The summed E-state index contributed by atoms with van der Waals surface area (Å²) in [6.45, 7) is 3.89. The first kappa shape index (κ1) is 34.8. The minimum atomic E-state index is -1.09. The van der Waals surface area contributed by atoms with Crippen molar-refractivity contribution in [1.82, 2.24) is 14.8 Å². The number of hydrazone groups is 1. The molecule has 51 heavy (non-hydrogen) atoms. The lowest BCUT2D eigenvalue weighted by Crippen LogP contribution is -2.39. The number of nitrogens with zero attached hydrogens (tertiary/aromatic N) is 4. The second kappa shape index (κ2) is 14.5. The van der Waals surface area contributed by atoms with E-state index in [9.17, 15) is 9.59 Å². The highest BCUT2D eigenvalue weighted by atomic mass is 35.5. The van der Waals surface area contributed by atoms with Crippen LogP contribution in [0.3, 0.4) is 0 Å². The van der Waals surface area contributed by atoms with Gasteiger partial charge in [0.2, 0.25) is 0 Å². The maximum Gasteiger partial charge on any atom is 0.349 e. The molecule has 1 amide bonds. The van der Waals surface area contributed by atoms with Crippen LogP contribution in [0.15, 0.2) is 83.5 Å². The van der Waals surface area contributed by atoms with Crippen molar-refractivity contribution in [2.75, 3.05) is 14.2 Å². The molecule has 1 aliphatic carbocycles. The Kier molecular flexibility index (Phi) is 9.92. The Hall–Kier alpha value is -4.64. The first-order valence-corrected chi connectivity index (χ1v) is 18.2. The fourth-order valence-electron chi connectivity index (χ4n) is 6.81. The van der Waals surface area contributed by atoms with E-state index in [4.69, 9.17) is 42.5 Å². The molecule has 12 heteroatoms. The number of hydrogen-bond acceptors (Lipinski definition) is 8. The zero-order valence-electron chi connectivity index (χ0n) is 28.6. The number of allylic oxidation sites excluding steroid dienone is 1. The summed E-state index contributed by atoms with van der Waals surface area (Å²) in [6.07, 6.45) is 3.71. The second-order valence-electron chi connectivity index (χ2n) is 12.7. The van der Waals surface area contributed by atoms with Crippen LogP contribution in [0.25, 0.3) is 16.3 Å². The quantitative estimate of drug-likeness (QED) is 0.140. The number of carbonyl (C=O) groups excluding carboxylic acids is 2. The van der Waals surface area contributed by atoms with E-state index in [0.717, 1.165) is 74.6 Å². The number of ether oxygens (including phenoxy) is 3. The Morgan fingerprint density at radius 2 is 1.71 bits per heavy atom. The molecule has 3 heterocycles. The lowest BCUT2D eigenvalue weighted by molar-refractivity contribution is -0.142. The van der Waals surface area contributed by atoms with Crippen molar-refractivity contribution in [2.45, 2.75) is 51.8 Å². The van der Waals surface area contributed by atoms with Gasteiger partial charge in [-0.25, -0.2) is 14.5 Å². The number of thiophene rings is 1. The molecule has 5 aromatic rings. The Balaban J connectivity index is 1.15.